The molecule has 0 saturated carbocycles. The molecule has 1 aromatic carbocycles. The Morgan fingerprint density at radius 1 is 1.50 bits per heavy atom. The molecule has 0 bridgehead atoms. The van der Waals surface area contributed by atoms with E-state index in [0.717, 1.165) is 5.56 Å². The number of halogens is 3. The van der Waals surface area contributed by atoms with E-state index in [1.54, 1.807) is 24.3 Å². The summed E-state index contributed by atoms with van der Waals surface area (Å²) in [6, 6.07) is 4.92. The third-order valence-corrected chi connectivity index (χ3v) is 4.05. The molecule has 1 heterocycles. The van der Waals surface area contributed by atoms with E-state index in [4.69, 9.17) is 14.0 Å². The smallest absolute Gasteiger partial charge is 0.400 e. The summed E-state index contributed by atoms with van der Waals surface area (Å²) < 4.78 is 79.4. The molecule has 0 radical (unpaired) electrons. The summed E-state index contributed by atoms with van der Waals surface area (Å²) in [7, 11) is -5.85. The van der Waals surface area contributed by atoms with Crippen LogP contribution >= 0.6 is 0 Å². The van der Waals surface area contributed by atoms with Gasteiger partial charge in [0.1, 0.15) is 5.75 Å². The summed E-state index contributed by atoms with van der Waals surface area (Å²) in [6.45, 7) is 3.58. The largest absolute Gasteiger partial charge is 0.464 e. The van der Waals surface area contributed by atoms with Crippen LogP contribution < -0.4 is 4.74 Å². The van der Waals surface area contributed by atoms with Crippen LogP contribution in [0.3, 0.4) is 0 Å². The van der Waals surface area contributed by atoms with E-state index in [9.17, 15) is 21.6 Å². The number of hydrogen-bond donors (Lipinski definition) is 1. The first-order valence-corrected chi connectivity index (χ1v) is 7.61. The molecule has 1 aromatic rings. The van der Waals surface area contributed by atoms with E-state index in [1.165, 1.54) is 0 Å². The predicted octanol–water partition coefficient (Wildman–Crippen LogP) is 2.77. The predicted molar refractivity (Wildman–Crippen MR) is 71.7 cm³/mol. The molecule has 2 atom stereocenters. The third kappa shape index (κ3) is 3.26. The summed E-state index contributed by atoms with van der Waals surface area (Å²) in [5.41, 5.74) is 1.43. The van der Waals surface area contributed by atoms with E-state index in [-0.39, 0.29) is 6.61 Å². The fourth-order valence-electron chi connectivity index (χ4n) is 1.90. The van der Waals surface area contributed by atoms with Gasteiger partial charge in [0.05, 0.1) is 6.61 Å². The summed E-state index contributed by atoms with van der Waals surface area (Å²) in [5.74, 6) is 0.323. The maximum absolute atomic E-state index is 13.5. The molecule has 9 heteroatoms. The number of fused-ring (bicyclic) bond motifs is 1. The summed E-state index contributed by atoms with van der Waals surface area (Å²) >= 11 is 0. The topological polar surface area (TPSA) is 72.8 Å². The van der Waals surface area contributed by atoms with Crippen molar-refractivity contribution in [1.82, 2.24) is 0 Å². The standard InChI is InChI=1S/C13H13F3O5S/c1-2-8-3-4-10-9(5-8)7-20-12(21-10)6-11(14)13(15,16)22(17,18)19/h2-5,11-12H,1,6-7H2,(H,17,18,19). The lowest BCUT2D eigenvalue weighted by molar-refractivity contribution is -0.136. The van der Waals surface area contributed by atoms with Crippen LogP contribution in [0.15, 0.2) is 24.8 Å². The van der Waals surface area contributed by atoms with Crippen LogP contribution in [0.4, 0.5) is 13.2 Å². The second-order valence-corrected chi connectivity index (χ2v) is 6.16. The van der Waals surface area contributed by atoms with Gasteiger partial charge in [-0.25, -0.2) is 4.39 Å². The second kappa shape index (κ2) is 5.90. The molecule has 0 saturated heterocycles. The maximum Gasteiger partial charge on any atom is 0.400 e. The fraction of sp³-hybridized carbons (Fsp3) is 0.385. The zero-order valence-corrected chi connectivity index (χ0v) is 12.0. The first-order valence-electron chi connectivity index (χ1n) is 6.17. The highest BCUT2D eigenvalue weighted by Crippen LogP contribution is 2.34. The van der Waals surface area contributed by atoms with Crippen molar-refractivity contribution < 1.29 is 35.6 Å². The lowest BCUT2D eigenvalue weighted by Gasteiger charge is -2.28. The molecular weight excluding hydrogens is 325 g/mol. The highest BCUT2D eigenvalue weighted by molar-refractivity contribution is 7.86. The maximum atomic E-state index is 13.5. The molecule has 0 aliphatic carbocycles. The fourth-order valence-corrected chi connectivity index (χ4v) is 2.32. The van der Waals surface area contributed by atoms with Crippen molar-refractivity contribution in [3.05, 3.63) is 35.9 Å². The Balaban J connectivity index is 2.09. The Kier molecular flexibility index (Phi) is 4.50. The van der Waals surface area contributed by atoms with Crippen LogP contribution in [0.1, 0.15) is 17.5 Å². The zero-order chi connectivity index (χ0) is 16.5. The van der Waals surface area contributed by atoms with Gasteiger partial charge in [0.25, 0.3) is 0 Å². The quantitative estimate of drug-likeness (QED) is 0.836. The van der Waals surface area contributed by atoms with Crippen molar-refractivity contribution in [2.24, 2.45) is 0 Å². The lowest BCUT2D eigenvalue weighted by Crippen LogP contribution is -2.42. The van der Waals surface area contributed by atoms with E-state index in [0.29, 0.717) is 11.3 Å². The third-order valence-electron chi connectivity index (χ3n) is 3.11. The van der Waals surface area contributed by atoms with Gasteiger partial charge in [-0.05, 0) is 17.7 Å². The molecule has 0 aromatic heterocycles. The van der Waals surface area contributed by atoms with Gasteiger partial charge in [-0.1, -0.05) is 18.7 Å². The van der Waals surface area contributed by atoms with E-state index in [2.05, 4.69) is 6.58 Å². The highest BCUT2D eigenvalue weighted by atomic mass is 32.2. The monoisotopic (exact) mass is 338 g/mol. The van der Waals surface area contributed by atoms with Crippen molar-refractivity contribution in [2.45, 2.75) is 30.7 Å². The van der Waals surface area contributed by atoms with Gasteiger partial charge in [-0.2, -0.15) is 17.2 Å². The lowest BCUT2D eigenvalue weighted by atomic mass is 10.1. The van der Waals surface area contributed by atoms with Gasteiger partial charge < -0.3 is 9.47 Å². The average Bonchev–Trinajstić information content (AvgIpc) is 2.45. The Bertz CT molecular complexity index is 674. The van der Waals surface area contributed by atoms with Crippen LogP contribution in [0, 0.1) is 0 Å². The van der Waals surface area contributed by atoms with E-state index < -0.39 is 34.3 Å². The van der Waals surface area contributed by atoms with Crippen LogP contribution in [0.25, 0.3) is 6.08 Å². The molecule has 1 N–H and O–H groups in total. The molecule has 0 fully saturated rings. The minimum absolute atomic E-state index is 0.00809. The zero-order valence-electron chi connectivity index (χ0n) is 11.2. The molecule has 2 unspecified atom stereocenters. The Morgan fingerprint density at radius 3 is 2.77 bits per heavy atom. The van der Waals surface area contributed by atoms with Crippen molar-refractivity contribution >= 4 is 16.2 Å². The van der Waals surface area contributed by atoms with Gasteiger partial charge in [0.15, 0.2) is 6.17 Å². The molecule has 1 aliphatic rings. The van der Waals surface area contributed by atoms with Crippen molar-refractivity contribution in [3.63, 3.8) is 0 Å². The van der Waals surface area contributed by atoms with Crippen LogP contribution in [0.2, 0.25) is 0 Å². The number of alkyl halides is 3. The number of benzene rings is 1. The number of ether oxygens (including phenoxy) is 2. The van der Waals surface area contributed by atoms with Gasteiger partial charge in [-0.3, -0.25) is 4.55 Å². The highest BCUT2D eigenvalue weighted by Gasteiger charge is 2.53. The molecule has 0 amide bonds. The first kappa shape index (κ1) is 16.8. The summed E-state index contributed by atoms with van der Waals surface area (Å²) in [6.07, 6.45) is -4.00. The molecule has 122 valence electrons. The minimum Gasteiger partial charge on any atom is -0.464 e. The average molecular weight is 338 g/mol. The second-order valence-electron chi connectivity index (χ2n) is 4.67. The normalized spacial score (nSPS) is 19.9. The van der Waals surface area contributed by atoms with Crippen LogP contribution in [-0.4, -0.2) is 30.7 Å². The first-order chi connectivity index (χ1) is 10.1. The van der Waals surface area contributed by atoms with Crippen LogP contribution in [0.5, 0.6) is 5.75 Å². The Morgan fingerprint density at radius 2 is 2.18 bits per heavy atom. The molecule has 2 rings (SSSR count). The molecule has 22 heavy (non-hydrogen) atoms. The van der Waals surface area contributed by atoms with Gasteiger partial charge >= 0.3 is 15.4 Å². The van der Waals surface area contributed by atoms with Gasteiger partial charge in [0, 0.05) is 12.0 Å². The van der Waals surface area contributed by atoms with Gasteiger partial charge in [-0.15, -0.1) is 0 Å². The summed E-state index contributed by atoms with van der Waals surface area (Å²) in [5, 5.41) is -4.92. The van der Waals surface area contributed by atoms with E-state index >= 15 is 0 Å². The molecule has 0 spiro atoms. The Hall–Kier alpha value is -1.58. The van der Waals surface area contributed by atoms with Gasteiger partial charge in [0.2, 0.25) is 6.29 Å². The minimum atomic E-state index is -5.85. The van der Waals surface area contributed by atoms with Crippen molar-refractivity contribution in [3.8, 4) is 5.75 Å². The van der Waals surface area contributed by atoms with Crippen molar-refractivity contribution in [2.75, 3.05) is 0 Å². The number of rotatable bonds is 5. The molecule has 5 nitrogen and oxygen atoms in total. The van der Waals surface area contributed by atoms with E-state index in [1.807, 2.05) is 0 Å². The number of hydrogen-bond acceptors (Lipinski definition) is 4. The summed E-state index contributed by atoms with van der Waals surface area (Å²) in [4.78, 5) is 0. The van der Waals surface area contributed by atoms with Crippen LogP contribution in [-0.2, 0) is 21.5 Å². The van der Waals surface area contributed by atoms with Crippen molar-refractivity contribution in [1.29, 1.82) is 0 Å². The Labute approximate surface area is 125 Å². The SMILES string of the molecule is C=Cc1ccc2c(c1)COC(CC(F)C(F)(F)S(=O)(=O)O)O2. The molecule has 1 aliphatic heterocycles. The molecular formula is C13H13F3O5S.